The van der Waals surface area contributed by atoms with Gasteiger partial charge in [-0.25, -0.2) is 0 Å². The molecule has 10 nitrogen and oxygen atoms in total. The molecule has 0 amide bonds. The lowest BCUT2D eigenvalue weighted by Crippen LogP contribution is -2.44. The second-order valence-electron chi connectivity index (χ2n) is 5.86. The van der Waals surface area contributed by atoms with E-state index < -0.39 is 30.9 Å². The van der Waals surface area contributed by atoms with Crippen LogP contribution in [0.1, 0.15) is 20.8 Å². The van der Waals surface area contributed by atoms with Crippen molar-refractivity contribution in [2.45, 2.75) is 38.4 Å². The van der Waals surface area contributed by atoms with E-state index in [2.05, 4.69) is 0 Å². The maximum Gasteiger partial charge on any atom is 0.215 e. The molecule has 0 unspecified atom stereocenters. The Morgan fingerprint density at radius 1 is 0.846 bits per heavy atom. The van der Waals surface area contributed by atoms with Crippen LogP contribution in [0.3, 0.4) is 0 Å². The van der Waals surface area contributed by atoms with Gasteiger partial charge in [-0.3, -0.25) is 0 Å². The molecule has 0 aliphatic heterocycles. The fraction of sp³-hybridized carbons (Fsp3) is 1.00. The predicted molar refractivity (Wildman–Crippen MR) is 92.3 cm³/mol. The SMILES string of the molecule is CCO[C@@](C)(CO)OC(CO)CO.COC(CO)(CO)OC[C@H](C)CO. The number of aliphatic hydroxyl groups excluding tert-OH is 6. The Hall–Kier alpha value is -0.400. The zero-order chi connectivity index (χ0) is 20.6. The minimum atomic E-state index is -1.34. The molecule has 0 bridgehead atoms. The summed E-state index contributed by atoms with van der Waals surface area (Å²) in [4.78, 5) is 0. The molecule has 0 aliphatic rings. The fourth-order valence-electron chi connectivity index (χ4n) is 1.58. The molecular formula is C16H36O10. The van der Waals surface area contributed by atoms with Crippen LogP contribution in [0.25, 0.3) is 0 Å². The average molecular weight is 388 g/mol. The third-order valence-electron chi connectivity index (χ3n) is 3.36. The molecule has 0 saturated carbocycles. The van der Waals surface area contributed by atoms with Crippen molar-refractivity contribution in [2.75, 3.05) is 60.0 Å². The molecule has 0 saturated heterocycles. The van der Waals surface area contributed by atoms with Crippen LogP contribution in [0.4, 0.5) is 0 Å². The van der Waals surface area contributed by atoms with Crippen LogP contribution in [0.5, 0.6) is 0 Å². The molecule has 2 atom stereocenters. The van der Waals surface area contributed by atoms with Crippen molar-refractivity contribution in [2.24, 2.45) is 5.92 Å². The van der Waals surface area contributed by atoms with E-state index in [1.165, 1.54) is 7.11 Å². The van der Waals surface area contributed by atoms with Gasteiger partial charge < -0.3 is 49.6 Å². The van der Waals surface area contributed by atoms with Gasteiger partial charge in [0.05, 0.1) is 39.6 Å². The van der Waals surface area contributed by atoms with E-state index in [0.717, 1.165) is 0 Å². The molecule has 0 spiro atoms. The third kappa shape index (κ3) is 11.3. The van der Waals surface area contributed by atoms with Crippen molar-refractivity contribution in [1.29, 1.82) is 0 Å². The van der Waals surface area contributed by atoms with Gasteiger partial charge in [-0.05, 0) is 13.8 Å². The van der Waals surface area contributed by atoms with Gasteiger partial charge in [0.2, 0.25) is 5.79 Å². The van der Waals surface area contributed by atoms with E-state index in [1.807, 2.05) is 0 Å². The Labute approximate surface area is 154 Å². The Balaban J connectivity index is 0. The van der Waals surface area contributed by atoms with E-state index in [4.69, 9.17) is 49.6 Å². The van der Waals surface area contributed by atoms with Crippen molar-refractivity contribution in [3.8, 4) is 0 Å². The number of rotatable bonds is 14. The van der Waals surface area contributed by atoms with E-state index in [0.29, 0.717) is 6.61 Å². The fourth-order valence-corrected chi connectivity index (χ4v) is 1.58. The van der Waals surface area contributed by atoms with Crippen molar-refractivity contribution >= 4 is 0 Å². The summed E-state index contributed by atoms with van der Waals surface area (Å²) in [5.41, 5.74) is 0. The van der Waals surface area contributed by atoms with Crippen molar-refractivity contribution in [3.05, 3.63) is 0 Å². The molecule has 6 N–H and O–H groups in total. The van der Waals surface area contributed by atoms with Crippen LogP contribution < -0.4 is 0 Å². The van der Waals surface area contributed by atoms with Crippen molar-refractivity contribution in [3.63, 3.8) is 0 Å². The van der Waals surface area contributed by atoms with Crippen LogP contribution >= 0.6 is 0 Å². The largest absolute Gasteiger partial charge is 0.396 e. The van der Waals surface area contributed by atoms with Gasteiger partial charge >= 0.3 is 0 Å². The summed E-state index contributed by atoms with van der Waals surface area (Å²) in [6, 6.07) is 0. The van der Waals surface area contributed by atoms with Crippen LogP contribution in [-0.2, 0) is 18.9 Å². The quantitative estimate of drug-likeness (QED) is 0.185. The summed E-state index contributed by atoms with van der Waals surface area (Å²) in [5.74, 6) is -2.54. The lowest BCUT2D eigenvalue weighted by Gasteiger charge is -2.30. The molecule has 0 rings (SSSR count). The second kappa shape index (κ2) is 15.6. The lowest BCUT2D eigenvalue weighted by atomic mass is 10.2. The second-order valence-corrected chi connectivity index (χ2v) is 5.86. The summed E-state index contributed by atoms with van der Waals surface area (Å²) in [7, 11) is 1.34. The number of hydrogen-bond acceptors (Lipinski definition) is 10. The highest BCUT2D eigenvalue weighted by molar-refractivity contribution is 4.67. The summed E-state index contributed by atoms with van der Waals surface area (Å²) in [5, 5.41) is 52.9. The first kappa shape index (κ1) is 27.8. The Kier molecular flexibility index (Phi) is 16.7. The smallest absolute Gasteiger partial charge is 0.215 e. The van der Waals surface area contributed by atoms with Crippen molar-refractivity contribution < 1.29 is 49.6 Å². The molecule has 0 aromatic rings. The monoisotopic (exact) mass is 388 g/mol. The molecule has 0 radical (unpaired) electrons. The molecule has 160 valence electrons. The molecule has 0 fully saturated rings. The van der Waals surface area contributed by atoms with E-state index in [1.54, 1.807) is 20.8 Å². The number of methoxy groups -OCH3 is 1. The average Bonchev–Trinajstić information content (AvgIpc) is 2.68. The Morgan fingerprint density at radius 3 is 1.69 bits per heavy atom. The van der Waals surface area contributed by atoms with Gasteiger partial charge in [-0.1, -0.05) is 6.92 Å². The van der Waals surface area contributed by atoms with Gasteiger partial charge in [0.1, 0.15) is 6.10 Å². The highest BCUT2D eigenvalue weighted by Gasteiger charge is 2.30. The van der Waals surface area contributed by atoms with Gasteiger partial charge in [0.15, 0.2) is 5.79 Å². The predicted octanol–water partition coefficient (Wildman–Crippen LogP) is -1.94. The normalized spacial score (nSPS) is 15.3. The third-order valence-corrected chi connectivity index (χ3v) is 3.36. The van der Waals surface area contributed by atoms with Gasteiger partial charge in [-0.2, -0.15) is 0 Å². The molecule has 0 aromatic heterocycles. The van der Waals surface area contributed by atoms with E-state index in [-0.39, 0.29) is 39.0 Å². The highest BCUT2D eigenvalue weighted by Crippen LogP contribution is 2.14. The van der Waals surface area contributed by atoms with Gasteiger partial charge in [0, 0.05) is 26.2 Å². The number of hydrogen-bond donors (Lipinski definition) is 6. The standard InChI is InChI=1S/2C8H18O5/c1-7(3-9)4-13-8(5-10,6-11)12-2;1-3-12-8(2,6-11)13-7(4-9)5-10/h2*7,9-11H,3-6H2,1-2H3/t7-;8-/m11/s1. The first-order valence-electron chi connectivity index (χ1n) is 8.41. The zero-order valence-electron chi connectivity index (χ0n) is 16.1. The molecule has 0 heterocycles. The number of ether oxygens (including phenoxy) is 4. The number of aliphatic hydroxyl groups is 6. The van der Waals surface area contributed by atoms with Crippen LogP contribution in [0.15, 0.2) is 0 Å². The van der Waals surface area contributed by atoms with Crippen LogP contribution in [-0.4, -0.2) is 108 Å². The topological polar surface area (TPSA) is 158 Å². The summed E-state index contributed by atoms with van der Waals surface area (Å²) >= 11 is 0. The molecule has 0 aromatic carbocycles. The van der Waals surface area contributed by atoms with E-state index in [9.17, 15) is 0 Å². The molecular weight excluding hydrogens is 352 g/mol. The Morgan fingerprint density at radius 2 is 1.38 bits per heavy atom. The maximum absolute atomic E-state index is 8.94. The van der Waals surface area contributed by atoms with E-state index >= 15 is 0 Å². The maximum atomic E-state index is 8.94. The highest BCUT2D eigenvalue weighted by atomic mass is 16.7. The van der Waals surface area contributed by atoms with Crippen molar-refractivity contribution in [1.82, 2.24) is 0 Å². The van der Waals surface area contributed by atoms with Gasteiger partial charge in [0.25, 0.3) is 0 Å². The lowest BCUT2D eigenvalue weighted by molar-refractivity contribution is -0.270. The van der Waals surface area contributed by atoms with Crippen LogP contribution in [0.2, 0.25) is 0 Å². The first-order chi connectivity index (χ1) is 12.3. The molecule has 26 heavy (non-hydrogen) atoms. The first-order valence-corrected chi connectivity index (χ1v) is 8.41. The Bertz CT molecular complexity index is 301. The summed E-state index contributed by atoms with van der Waals surface area (Å²) in [6.07, 6.45) is -0.719. The minimum absolute atomic E-state index is 0.00332. The minimum Gasteiger partial charge on any atom is -0.396 e. The van der Waals surface area contributed by atoms with Gasteiger partial charge in [-0.15, -0.1) is 0 Å². The molecule has 10 heteroatoms. The summed E-state index contributed by atoms with van der Waals surface area (Å²) < 4.78 is 20.2. The molecule has 0 aliphatic carbocycles. The summed E-state index contributed by atoms with van der Waals surface area (Å²) in [6.45, 7) is 3.95. The van der Waals surface area contributed by atoms with Crippen LogP contribution in [0, 0.1) is 5.92 Å². The zero-order valence-corrected chi connectivity index (χ0v) is 16.1.